The van der Waals surface area contributed by atoms with Gasteiger partial charge in [0.05, 0.1) is 12.3 Å². The van der Waals surface area contributed by atoms with Gasteiger partial charge < -0.3 is 11.1 Å². The van der Waals surface area contributed by atoms with Gasteiger partial charge in [0.15, 0.2) is 5.69 Å². The largest absolute Gasteiger partial charge is 0.398 e. The molecule has 0 bridgehead atoms. The smallest absolute Gasteiger partial charge is 0.189 e. The Kier molecular flexibility index (Phi) is 2.75. The molecule has 16 heavy (non-hydrogen) atoms. The number of hydrogen-bond donors (Lipinski definition) is 2. The molecule has 0 fully saturated rings. The predicted molar refractivity (Wildman–Crippen MR) is 66.8 cm³/mol. The molecule has 3 nitrogen and oxygen atoms in total. The van der Waals surface area contributed by atoms with Gasteiger partial charge >= 0.3 is 0 Å². The number of para-hydroxylation sites is 1. The second-order valence-corrected chi connectivity index (χ2v) is 3.37. The molecular formula is C13H11N3. The van der Waals surface area contributed by atoms with Crippen LogP contribution in [0.4, 0.5) is 22.7 Å². The Morgan fingerprint density at radius 2 is 1.81 bits per heavy atom. The lowest BCUT2D eigenvalue weighted by Crippen LogP contribution is -1.95. The van der Waals surface area contributed by atoms with Gasteiger partial charge in [0.1, 0.15) is 0 Å². The lowest BCUT2D eigenvalue weighted by atomic mass is 10.2. The van der Waals surface area contributed by atoms with E-state index in [1.165, 1.54) is 0 Å². The van der Waals surface area contributed by atoms with Crippen molar-refractivity contribution in [2.75, 3.05) is 11.1 Å². The van der Waals surface area contributed by atoms with Crippen LogP contribution in [0.15, 0.2) is 48.5 Å². The number of nitrogens with two attached hydrogens (primary N) is 1. The van der Waals surface area contributed by atoms with Gasteiger partial charge in [0, 0.05) is 11.4 Å². The van der Waals surface area contributed by atoms with Crippen LogP contribution in [0.5, 0.6) is 0 Å². The van der Waals surface area contributed by atoms with Gasteiger partial charge in [0.25, 0.3) is 0 Å². The Hall–Kier alpha value is -2.47. The number of anilines is 3. The van der Waals surface area contributed by atoms with Gasteiger partial charge in [-0.25, -0.2) is 4.85 Å². The molecule has 2 aromatic carbocycles. The van der Waals surface area contributed by atoms with Crippen LogP contribution >= 0.6 is 0 Å². The minimum atomic E-state index is 0.552. The average molecular weight is 209 g/mol. The number of nitrogens with zero attached hydrogens (tertiary/aromatic N) is 1. The van der Waals surface area contributed by atoms with E-state index in [1.54, 1.807) is 12.1 Å². The van der Waals surface area contributed by atoms with Crippen LogP contribution in [-0.2, 0) is 0 Å². The van der Waals surface area contributed by atoms with Gasteiger partial charge in [0.2, 0.25) is 0 Å². The van der Waals surface area contributed by atoms with Crippen molar-refractivity contribution in [1.29, 1.82) is 0 Å². The minimum Gasteiger partial charge on any atom is -0.398 e. The van der Waals surface area contributed by atoms with Crippen LogP contribution in [-0.4, -0.2) is 0 Å². The fourth-order valence-electron chi connectivity index (χ4n) is 1.41. The molecule has 0 heterocycles. The molecule has 0 aliphatic rings. The van der Waals surface area contributed by atoms with Crippen molar-refractivity contribution in [3.05, 3.63) is 59.9 Å². The van der Waals surface area contributed by atoms with Crippen molar-refractivity contribution in [3.8, 4) is 0 Å². The van der Waals surface area contributed by atoms with E-state index in [1.807, 2.05) is 36.4 Å². The summed E-state index contributed by atoms with van der Waals surface area (Å²) in [6.07, 6.45) is 0. The summed E-state index contributed by atoms with van der Waals surface area (Å²) < 4.78 is 0. The summed E-state index contributed by atoms with van der Waals surface area (Å²) >= 11 is 0. The van der Waals surface area contributed by atoms with E-state index in [0.717, 1.165) is 11.4 Å². The Balaban J connectivity index is 2.27. The van der Waals surface area contributed by atoms with Gasteiger partial charge in [-0.2, -0.15) is 0 Å². The zero-order valence-electron chi connectivity index (χ0n) is 8.64. The molecule has 0 amide bonds. The van der Waals surface area contributed by atoms with Crippen LogP contribution in [0.25, 0.3) is 4.85 Å². The van der Waals surface area contributed by atoms with E-state index in [4.69, 9.17) is 12.3 Å². The third-order valence-corrected chi connectivity index (χ3v) is 2.22. The van der Waals surface area contributed by atoms with Gasteiger partial charge in [-0.3, -0.25) is 0 Å². The van der Waals surface area contributed by atoms with Crippen LogP contribution in [0, 0.1) is 6.57 Å². The molecule has 3 heteroatoms. The monoisotopic (exact) mass is 209 g/mol. The second kappa shape index (κ2) is 4.37. The van der Waals surface area contributed by atoms with E-state index < -0.39 is 0 Å². The second-order valence-electron chi connectivity index (χ2n) is 3.37. The zero-order chi connectivity index (χ0) is 11.4. The standard InChI is InChI=1S/C13H11N3/c1-15-11-7-8-13(12(14)9-11)16-10-5-3-2-4-6-10/h2-9,16H,14H2. The first-order chi connectivity index (χ1) is 7.79. The lowest BCUT2D eigenvalue weighted by molar-refractivity contribution is 1.55. The van der Waals surface area contributed by atoms with Crippen molar-refractivity contribution in [3.63, 3.8) is 0 Å². The number of rotatable bonds is 2. The van der Waals surface area contributed by atoms with E-state index in [2.05, 4.69) is 10.2 Å². The first-order valence-corrected chi connectivity index (χ1v) is 4.88. The molecule has 0 saturated heterocycles. The zero-order valence-corrected chi connectivity index (χ0v) is 8.64. The molecule has 0 aliphatic carbocycles. The number of hydrogen-bond acceptors (Lipinski definition) is 2. The molecule has 2 rings (SSSR count). The first kappa shape index (κ1) is 10.1. The first-order valence-electron chi connectivity index (χ1n) is 4.88. The van der Waals surface area contributed by atoms with Crippen LogP contribution in [0.2, 0.25) is 0 Å². The normalized spacial score (nSPS) is 9.44. The summed E-state index contributed by atoms with van der Waals surface area (Å²) in [6.45, 7) is 6.88. The predicted octanol–water partition coefficient (Wildman–Crippen LogP) is 3.56. The summed E-state index contributed by atoms with van der Waals surface area (Å²) in [5.41, 5.74) is 8.77. The minimum absolute atomic E-state index is 0.552. The number of nitrogens with one attached hydrogen (secondary N) is 1. The molecule has 0 aromatic heterocycles. The molecule has 0 atom stereocenters. The number of nitrogen functional groups attached to an aromatic ring is 1. The Labute approximate surface area is 94.3 Å². The fraction of sp³-hybridized carbons (Fsp3) is 0. The Morgan fingerprint density at radius 1 is 1.06 bits per heavy atom. The molecule has 78 valence electrons. The molecule has 0 spiro atoms. The Bertz CT molecular complexity index is 527. The van der Waals surface area contributed by atoms with Crippen molar-refractivity contribution in [1.82, 2.24) is 0 Å². The van der Waals surface area contributed by atoms with E-state index in [9.17, 15) is 0 Å². The average Bonchev–Trinajstić information content (AvgIpc) is 2.33. The van der Waals surface area contributed by atoms with Crippen molar-refractivity contribution in [2.24, 2.45) is 0 Å². The maximum atomic E-state index is 6.88. The third kappa shape index (κ3) is 2.12. The summed E-state index contributed by atoms with van der Waals surface area (Å²) in [5, 5.41) is 3.20. The highest BCUT2D eigenvalue weighted by Crippen LogP contribution is 2.27. The maximum absolute atomic E-state index is 6.88. The van der Waals surface area contributed by atoms with E-state index in [-0.39, 0.29) is 0 Å². The van der Waals surface area contributed by atoms with Gasteiger partial charge in [-0.1, -0.05) is 24.3 Å². The summed E-state index contributed by atoms with van der Waals surface area (Å²) in [4.78, 5) is 3.32. The quantitative estimate of drug-likeness (QED) is 0.586. The maximum Gasteiger partial charge on any atom is 0.189 e. The molecular weight excluding hydrogens is 198 g/mol. The topological polar surface area (TPSA) is 42.4 Å². The summed E-state index contributed by atoms with van der Waals surface area (Å²) in [6, 6.07) is 15.0. The lowest BCUT2D eigenvalue weighted by Gasteiger charge is -2.09. The van der Waals surface area contributed by atoms with Crippen molar-refractivity contribution < 1.29 is 0 Å². The highest BCUT2D eigenvalue weighted by Gasteiger charge is 2.00. The van der Waals surface area contributed by atoms with Gasteiger partial charge in [-0.15, -0.1) is 0 Å². The molecule has 0 aliphatic heterocycles. The SMILES string of the molecule is [C-]#[N+]c1ccc(Nc2ccccc2)c(N)c1. The molecule has 2 aromatic rings. The highest BCUT2D eigenvalue weighted by molar-refractivity contribution is 5.76. The van der Waals surface area contributed by atoms with Gasteiger partial charge in [-0.05, 0) is 24.3 Å². The third-order valence-electron chi connectivity index (χ3n) is 2.22. The summed E-state index contributed by atoms with van der Waals surface area (Å²) in [7, 11) is 0. The molecule has 0 radical (unpaired) electrons. The highest BCUT2D eigenvalue weighted by atomic mass is 14.9. The van der Waals surface area contributed by atoms with Crippen LogP contribution < -0.4 is 11.1 Å². The van der Waals surface area contributed by atoms with Crippen molar-refractivity contribution in [2.45, 2.75) is 0 Å². The fourth-order valence-corrected chi connectivity index (χ4v) is 1.41. The summed E-state index contributed by atoms with van der Waals surface area (Å²) in [5.74, 6) is 0. The van der Waals surface area contributed by atoms with E-state index >= 15 is 0 Å². The van der Waals surface area contributed by atoms with Crippen LogP contribution in [0.3, 0.4) is 0 Å². The van der Waals surface area contributed by atoms with Crippen molar-refractivity contribution >= 4 is 22.7 Å². The Morgan fingerprint density at radius 3 is 2.44 bits per heavy atom. The van der Waals surface area contributed by atoms with E-state index in [0.29, 0.717) is 11.4 Å². The number of benzene rings is 2. The molecule has 0 saturated carbocycles. The van der Waals surface area contributed by atoms with Crippen LogP contribution in [0.1, 0.15) is 0 Å². The molecule has 3 N–H and O–H groups in total. The molecule has 0 unspecified atom stereocenters.